The Morgan fingerprint density at radius 1 is 1.38 bits per heavy atom. The average Bonchev–Trinajstić information content (AvgIpc) is 2.97. The third-order valence-corrected chi connectivity index (χ3v) is 3.05. The largest absolute Gasteiger partial charge is 0.432 e. The summed E-state index contributed by atoms with van der Waals surface area (Å²) in [6.07, 6.45) is 6.16. The van der Waals surface area contributed by atoms with E-state index >= 15 is 0 Å². The molecule has 0 spiro atoms. The van der Waals surface area contributed by atoms with Gasteiger partial charge in [0.2, 0.25) is 0 Å². The van der Waals surface area contributed by atoms with E-state index in [9.17, 15) is 0 Å². The zero-order valence-electron chi connectivity index (χ0n) is 9.30. The molecular formula is C11H18N2O3. The first-order valence-corrected chi connectivity index (χ1v) is 5.78. The van der Waals surface area contributed by atoms with Crippen molar-refractivity contribution in [1.82, 2.24) is 4.98 Å². The predicted octanol–water partition coefficient (Wildman–Crippen LogP) is 0.908. The van der Waals surface area contributed by atoms with E-state index < -0.39 is 0 Å². The Hall–Kier alpha value is -1.07. The van der Waals surface area contributed by atoms with Crippen molar-refractivity contribution in [1.29, 1.82) is 0 Å². The quantitative estimate of drug-likeness (QED) is 0.781. The number of anilines is 1. The molecule has 1 aromatic heterocycles. The van der Waals surface area contributed by atoms with Gasteiger partial charge in [-0.05, 0) is 12.8 Å². The molecule has 5 nitrogen and oxygen atoms in total. The summed E-state index contributed by atoms with van der Waals surface area (Å²) in [6, 6.07) is 0.933. The van der Waals surface area contributed by atoms with Gasteiger partial charge in [0.25, 0.3) is 6.01 Å². The van der Waals surface area contributed by atoms with E-state index in [0.717, 1.165) is 12.8 Å². The molecule has 0 amide bonds. The van der Waals surface area contributed by atoms with Gasteiger partial charge in [0.15, 0.2) is 0 Å². The fourth-order valence-corrected chi connectivity index (χ4v) is 2.26. The Morgan fingerprint density at radius 3 is 2.69 bits per heavy atom. The van der Waals surface area contributed by atoms with E-state index in [1.807, 2.05) is 4.90 Å². The molecule has 1 fully saturated rings. The van der Waals surface area contributed by atoms with E-state index in [1.54, 1.807) is 0 Å². The molecule has 2 N–H and O–H groups in total. The van der Waals surface area contributed by atoms with Crippen LogP contribution in [0.4, 0.5) is 6.01 Å². The van der Waals surface area contributed by atoms with Gasteiger partial charge in [-0.15, -0.1) is 0 Å². The highest BCUT2D eigenvalue weighted by molar-refractivity contribution is 5.29. The number of aliphatic hydroxyl groups excluding tert-OH is 2. The van der Waals surface area contributed by atoms with Crippen LogP contribution in [0.1, 0.15) is 31.4 Å². The van der Waals surface area contributed by atoms with Gasteiger partial charge in [0.1, 0.15) is 12.0 Å². The third kappa shape index (κ3) is 2.36. The first kappa shape index (κ1) is 11.4. The molecule has 5 heteroatoms. The van der Waals surface area contributed by atoms with Gasteiger partial charge < -0.3 is 19.5 Å². The van der Waals surface area contributed by atoms with Crippen LogP contribution in [0.3, 0.4) is 0 Å². The molecule has 0 unspecified atom stereocenters. The van der Waals surface area contributed by atoms with Gasteiger partial charge in [-0.3, -0.25) is 0 Å². The molecule has 0 radical (unpaired) electrons. The number of nitrogens with zero attached hydrogens (tertiary/aromatic N) is 2. The number of aromatic nitrogens is 1. The Balaban J connectivity index is 2.10. The Bertz CT molecular complexity index is 321. The van der Waals surface area contributed by atoms with Gasteiger partial charge in [-0.2, -0.15) is 4.98 Å². The van der Waals surface area contributed by atoms with Crippen LogP contribution in [-0.2, 0) is 6.61 Å². The SMILES string of the molecule is OCCN(c1nc(CO)co1)C1CCCC1. The number of hydrogen-bond donors (Lipinski definition) is 2. The van der Waals surface area contributed by atoms with E-state index in [2.05, 4.69) is 4.98 Å². The predicted molar refractivity (Wildman–Crippen MR) is 59.1 cm³/mol. The normalized spacial score (nSPS) is 16.9. The van der Waals surface area contributed by atoms with Gasteiger partial charge in [-0.1, -0.05) is 12.8 Å². The van der Waals surface area contributed by atoms with Crippen LogP contribution in [0, 0.1) is 0 Å². The molecule has 1 aliphatic carbocycles. The molecule has 1 saturated carbocycles. The zero-order chi connectivity index (χ0) is 11.4. The monoisotopic (exact) mass is 226 g/mol. The number of oxazole rings is 1. The molecule has 90 valence electrons. The van der Waals surface area contributed by atoms with Crippen LogP contribution in [0.5, 0.6) is 0 Å². The summed E-state index contributed by atoms with van der Waals surface area (Å²) in [4.78, 5) is 6.20. The van der Waals surface area contributed by atoms with Crippen LogP contribution < -0.4 is 4.90 Å². The summed E-state index contributed by atoms with van der Waals surface area (Å²) in [5.74, 6) is 0. The van der Waals surface area contributed by atoms with Gasteiger partial charge in [0, 0.05) is 12.6 Å². The fraction of sp³-hybridized carbons (Fsp3) is 0.727. The molecule has 1 aliphatic rings. The van der Waals surface area contributed by atoms with Crippen molar-refractivity contribution < 1.29 is 14.6 Å². The number of hydrogen-bond acceptors (Lipinski definition) is 5. The van der Waals surface area contributed by atoms with E-state index in [4.69, 9.17) is 14.6 Å². The molecule has 0 aromatic carbocycles. The molecule has 0 saturated heterocycles. The molecular weight excluding hydrogens is 208 g/mol. The maximum atomic E-state index is 9.06. The minimum absolute atomic E-state index is 0.0906. The highest BCUT2D eigenvalue weighted by Gasteiger charge is 2.25. The lowest BCUT2D eigenvalue weighted by atomic mass is 10.2. The lowest BCUT2D eigenvalue weighted by Crippen LogP contribution is -2.35. The van der Waals surface area contributed by atoms with Crippen molar-refractivity contribution in [3.63, 3.8) is 0 Å². The summed E-state index contributed by atoms with van der Waals surface area (Å²) in [7, 11) is 0. The topological polar surface area (TPSA) is 69.7 Å². The average molecular weight is 226 g/mol. The molecule has 0 bridgehead atoms. The van der Waals surface area contributed by atoms with Gasteiger partial charge >= 0.3 is 0 Å². The Morgan fingerprint density at radius 2 is 2.12 bits per heavy atom. The van der Waals surface area contributed by atoms with Crippen LogP contribution >= 0.6 is 0 Å². The van der Waals surface area contributed by atoms with E-state index in [0.29, 0.717) is 24.3 Å². The van der Waals surface area contributed by atoms with Crippen LogP contribution in [0.25, 0.3) is 0 Å². The van der Waals surface area contributed by atoms with Gasteiger partial charge in [-0.25, -0.2) is 0 Å². The second-order valence-electron chi connectivity index (χ2n) is 4.13. The second kappa shape index (κ2) is 5.32. The summed E-state index contributed by atoms with van der Waals surface area (Å²) < 4.78 is 5.33. The summed E-state index contributed by atoms with van der Waals surface area (Å²) in [5.41, 5.74) is 0.538. The van der Waals surface area contributed by atoms with Crippen molar-refractivity contribution >= 4 is 6.01 Å². The third-order valence-electron chi connectivity index (χ3n) is 3.05. The summed E-state index contributed by atoms with van der Waals surface area (Å²) in [6.45, 7) is 0.518. The van der Waals surface area contributed by atoms with Crippen LogP contribution in [0.15, 0.2) is 10.7 Å². The van der Waals surface area contributed by atoms with E-state index in [-0.39, 0.29) is 13.2 Å². The van der Waals surface area contributed by atoms with Crippen molar-refractivity contribution in [3.8, 4) is 0 Å². The smallest absolute Gasteiger partial charge is 0.297 e. The van der Waals surface area contributed by atoms with Gasteiger partial charge in [0.05, 0.1) is 13.2 Å². The highest BCUT2D eigenvalue weighted by atomic mass is 16.4. The molecule has 1 heterocycles. The first-order valence-electron chi connectivity index (χ1n) is 5.78. The molecule has 0 aliphatic heterocycles. The van der Waals surface area contributed by atoms with Crippen molar-refractivity contribution in [2.75, 3.05) is 18.1 Å². The van der Waals surface area contributed by atoms with Crippen molar-refractivity contribution in [2.45, 2.75) is 38.3 Å². The lowest BCUT2D eigenvalue weighted by Gasteiger charge is -2.26. The minimum atomic E-state index is -0.110. The standard InChI is InChI=1S/C11H18N2O3/c14-6-5-13(10-3-1-2-4-10)11-12-9(7-15)8-16-11/h8,10,14-15H,1-7H2. The maximum Gasteiger partial charge on any atom is 0.297 e. The number of aliphatic hydroxyl groups is 2. The first-order chi connectivity index (χ1) is 7.85. The maximum absolute atomic E-state index is 9.06. The molecule has 2 rings (SSSR count). The van der Waals surface area contributed by atoms with Crippen LogP contribution in [-0.4, -0.2) is 34.4 Å². The minimum Gasteiger partial charge on any atom is -0.432 e. The fourth-order valence-electron chi connectivity index (χ4n) is 2.26. The Labute approximate surface area is 94.7 Å². The van der Waals surface area contributed by atoms with Crippen molar-refractivity contribution in [3.05, 3.63) is 12.0 Å². The van der Waals surface area contributed by atoms with Crippen LogP contribution in [0.2, 0.25) is 0 Å². The zero-order valence-corrected chi connectivity index (χ0v) is 9.30. The lowest BCUT2D eigenvalue weighted by molar-refractivity contribution is 0.276. The van der Waals surface area contributed by atoms with E-state index in [1.165, 1.54) is 19.1 Å². The second-order valence-corrected chi connectivity index (χ2v) is 4.13. The Kier molecular flexibility index (Phi) is 3.79. The molecule has 16 heavy (non-hydrogen) atoms. The number of rotatable bonds is 5. The molecule has 0 atom stereocenters. The van der Waals surface area contributed by atoms with Crippen molar-refractivity contribution in [2.24, 2.45) is 0 Å². The molecule has 1 aromatic rings. The summed E-state index contributed by atoms with van der Waals surface area (Å²) >= 11 is 0. The summed E-state index contributed by atoms with van der Waals surface area (Å²) in [5, 5.41) is 18.0. The highest BCUT2D eigenvalue weighted by Crippen LogP contribution is 2.27.